The second-order valence-electron chi connectivity index (χ2n) is 4.26. The van der Waals surface area contributed by atoms with Crippen molar-refractivity contribution in [3.05, 3.63) is 56.7 Å². The standard InChI is InChI=1S/C13H11BrN4O4/c14-9-5-11(18(21)22)12(15-7-9)17-10-3-1-8(2-4-10)6-16-13(19)20/h1-5,7,16H,6H2,(H,15,17)(H,19,20). The molecule has 0 aliphatic carbocycles. The van der Waals surface area contributed by atoms with Gasteiger partial charge in [-0.15, -0.1) is 0 Å². The van der Waals surface area contributed by atoms with Crippen LogP contribution in [0.3, 0.4) is 0 Å². The van der Waals surface area contributed by atoms with Crippen molar-refractivity contribution in [1.29, 1.82) is 0 Å². The summed E-state index contributed by atoms with van der Waals surface area (Å²) in [6.45, 7) is 0.187. The van der Waals surface area contributed by atoms with Gasteiger partial charge in [0, 0.05) is 29.0 Å². The molecule has 2 rings (SSSR count). The van der Waals surface area contributed by atoms with Crippen LogP contribution in [0.4, 0.5) is 22.0 Å². The van der Waals surface area contributed by atoms with Gasteiger partial charge in [-0.2, -0.15) is 0 Å². The second-order valence-corrected chi connectivity index (χ2v) is 5.17. The van der Waals surface area contributed by atoms with Crippen molar-refractivity contribution in [1.82, 2.24) is 10.3 Å². The molecule has 8 nitrogen and oxygen atoms in total. The zero-order valence-electron chi connectivity index (χ0n) is 11.1. The number of nitrogens with one attached hydrogen (secondary N) is 2. The lowest BCUT2D eigenvalue weighted by Crippen LogP contribution is -2.19. The number of anilines is 2. The average Bonchev–Trinajstić information content (AvgIpc) is 2.48. The number of nitrogens with zero attached hydrogens (tertiary/aromatic N) is 2. The molecule has 114 valence electrons. The Bertz CT molecular complexity index is 706. The number of hydrogen-bond acceptors (Lipinski definition) is 5. The number of amides is 1. The molecule has 1 aromatic heterocycles. The van der Waals surface area contributed by atoms with Gasteiger partial charge in [0.05, 0.1) is 4.92 Å². The van der Waals surface area contributed by atoms with Crippen molar-refractivity contribution in [3.8, 4) is 0 Å². The van der Waals surface area contributed by atoms with E-state index in [0.29, 0.717) is 10.2 Å². The van der Waals surface area contributed by atoms with E-state index in [1.807, 2.05) is 0 Å². The lowest BCUT2D eigenvalue weighted by Gasteiger charge is -2.07. The molecule has 0 aliphatic heterocycles. The van der Waals surface area contributed by atoms with Crippen LogP contribution in [0, 0.1) is 10.1 Å². The third kappa shape index (κ3) is 4.16. The monoisotopic (exact) mass is 366 g/mol. The zero-order chi connectivity index (χ0) is 16.1. The van der Waals surface area contributed by atoms with Gasteiger partial charge in [-0.1, -0.05) is 12.1 Å². The molecular formula is C13H11BrN4O4. The third-order valence-corrected chi connectivity index (χ3v) is 3.12. The smallest absolute Gasteiger partial charge is 0.404 e. The minimum atomic E-state index is -1.10. The van der Waals surface area contributed by atoms with Crippen LogP contribution in [-0.2, 0) is 6.54 Å². The Labute approximate surface area is 133 Å². The molecule has 0 radical (unpaired) electrons. The summed E-state index contributed by atoms with van der Waals surface area (Å²) in [5.74, 6) is 0.129. The molecule has 1 heterocycles. The summed E-state index contributed by atoms with van der Waals surface area (Å²) in [6, 6.07) is 8.16. The molecule has 1 amide bonds. The molecule has 1 aromatic carbocycles. The maximum absolute atomic E-state index is 11.0. The van der Waals surface area contributed by atoms with Crippen LogP contribution in [0.2, 0.25) is 0 Å². The van der Waals surface area contributed by atoms with Crippen LogP contribution in [0.15, 0.2) is 41.0 Å². The number of rotatable bonds is 5. The number of pyridine rings is 1. The molecule has 0 saturated heterocycles. The molecule has 0 atom stereocenters. The molecule has 2 aromatic rings. The lowest BCUT2D eigenvalue weighted by atomic mass is 10.2. The topological polar surface area (TPSA) is 117 Å². The number of carbonyl (C=O) groups is 1. The summed E-state index contributed by atoms with van der Waals surface area (Å²) in [4.78, 5) is 24.9. The number of benzene rings is 1. The maximum Gasteiger partial charge on any atom is 0.404 e. The van der Waals surface area contributed by atoms with Crippen molar-refractivity contribution < 1.29 is 14.8 Å². The van der Waals surface area contributed by atoms with Crippen LogP contribution in [0.25, 0.3) is 0 Å². The van der Waals surface area contributed by atoms with Gasteiger partial charge in [0.1, 0.15) is 0 Å². The van der Waals surface area contributed by atoms with Gasteiger partial charge in [-0.25, -0.2) is 9.78 Å². The molecule has 0 bridgehead atoms. The molecule has 0 aliphatic rings. The Kier molecular flexibility index (Phi) is 4.89. The van der Waals surface area contributed by atoms with E-state index in [-0.39, 0.29) is 18.1 Å². The minimum Gasteiger partial charge on any atom is -0.465 e. The fourth-order valence-electron chi connectivity index (χ4n) is 1.68. The number of nitro groups is 1. The first-order valence-electron chi connectivity index (χ1n) is 6.08. The molecule has 3 N–H and O–H groups in total. The van der Waals surface area contributed by atoms with Crippen molar-refractivity contribution in [2.45, 2.75) is 6.54 Å². The van der Waals surface area contributed by atoms with E-state index in [1.165, 1.54) is 12.3 Å². The Morgan fingerprint density at radius 2 is 2.05 bits per heavy atom. The quantitative estimate of drug-likeness (QED) is 0.552. The Morgan fingerprint density at radius 3 is 2.64 bits per heavy atom. The van der Waals surface area contributed by atoms with Gasteiger partial charge < -0.3 is 15.7 Å². The van der Waals surface area contributed by atoms with Gasteiger partial charge in [0.15, 0.2) is 0 Å². The van der Waals surface area contributed by atoms with E-state index in [9.17, 15) is 14.9 Å². The van der Waals surface area contributed by atoms with E-state index >= 15 is 0 Å². The first kappa shape index (κ1) is 15.7. The van der Waals surface area contributed by atoms with Crippen molar-refractivity contribution in [2.75, 3.05) is 5.32 Å². The largest absolute Gasteiger partial charge is 0.465 e. The molecule has 0 fully saturated rings. The summed E-state index contributed by atoms with van der Waals surface area (Å²) >= 11 is 3.14. The number of hydrogen-bond donors (Lipinski definition) is 3. The minimum absolute atomic E-state index is 0.129. The average molecular weight is 367 g/mol. The molecule has 0 saturated carbocycles. The summed E-state index contributed by atoms with van der Waals surface area (Å²) in [5.41, 5.74) is 1.23. The molecular weight excluding hydrogens is 356 g/mol. The zero-order valence-corrected chi connectivity index (χ0v) is 12.7. The van der Waals surface area contributed by atoms with Crippen molar-refractivity contribution >= 4 is 39.2 Å². The van der Waals surface area contributed by atoms with Crippen LogP contribution < -0.4 is 10.6 Å². The Hall–Kier alpha value is -2.68. The fourth-order valence-corrected chi connectivity index (χ4v) is 2.00. The predicted octanol–water partition coefficient (Wildman–Crippen LogP) is 3.26. The summed E-state index contributed by atoms with van der Waals surface area (Å²) in [6.07, 6.45) is 0.359. The van der Waals surface area contributed by atoms with Gasteiger partial charge >= 0.3 is 11.8 Å². The van der Waals surface area contributed by atoms with E-state index in [2.05, 4.69) is 31.5 Å². The highest BCUT2D eigenvalue weighted by Gasteiger charge is 2.16. The predicted molar refractivity (Wildman–Crippen MR) is 83.2 cm³/mol. The molecule has 0 spiro atoms. The van der Waals surface area contributed by atoms with Gasteiger partial charge in [-0.3, -0.25) is 10.1 Å². The summed E-state index contributed by atoms with van der Waals surface area (Å²) in [5, 5.41) is 24.7. The van der Waals surface area contributed by atoms with Crippen LogP contribution in [0.5, 0.6) is 0 Å². The van der Waals surface area contributed by atoms with Crippen molar-refractivity contribution in [3.63, 3.8) is 0 Å². The highest BCUT2D eigenvalue weighted by atomic mass is 79.9. The van der Waals surface area contributed by atoms with E-state index in [4.69, 9.17) is 5.11 Å². The fraction of sp³-hybridized carbons (Fsp3) is 0.0769. The highest BCUT2D eigenvalue weighted by Crippen LogP contribution is 2.28. The molecule has 9 heteroatoms. The number of aromatic nitrogens is 1. The van der Waals surface area contributed by atoms with Crippen LogP contribution in [0.1, 0.15) is 5.56 Å². The van der Waals surface area contributed by atoms with E-state index in [0.717, 1.165) is 5.56 Å². The van der Waals surface area contributed by atoms with E-state index < -0.39 is 11.0 Å². The van der Waals surface area contributed by atoms with E-state index in [1.54, 1.807) is 24.3 Å². The molecule has 0 unspecified atom stereocenters. The first-order chi connectivity index (χ1) is 10.5. The normalized spacial score (nSPS) is 10.0. The van der Waals surface area contributed by atoms with Gasteiger partial charge in [0.2, 0.25) is 5.82 Å². The highest BCUT2D eigenvalue weighted by molar-refractivity contribution is 9.10. The van der Waals surface area contributed by atoms with Gasteiger partial charge in [-0.05, 0) is 33.6 Å². The summed E-state index contributed by atoms with van der Waals surface area (Å²) < 4.78 is 0.514. The van der Waals surface area contributed by atoms with Crippen molar-refractivity contribution in [2.24, 2.45) is 0 Å². The Balaban J connectivity index is 2.14. The molecule has 22 heavy (non-hydrogen) atoms. The SMILES string of the molecule is O=C(O)NCc1ccc(Nc2ncc(Br)cc2[N+](=O)[O-])cc1. The number of carboxylic acid groups (broad SMARTS) is 1. The van der Waals surface area contributed by atoms with Crippen LogP contribution in [-0.4, -0.2) is 21.1 Å². The van der Waals surface area contributed by atoms with Crippen LogP contribution >= 0.6 is 15.9 Å². The lowest BCUT2D eigenvalue weighted by molar-refractivity contribution is -0.384. The third-order valence-electron chi connectivity index (χ3n) is 2.69. The second kappa shape index (κ2) is 6.85. The first-order valence-corrected chi connectivity index (χ1v) is 6.87. The maximum atomic E-state index is 11.0. The Morgan fingerprint density at radius 1 is 1.36 bits per heavy atom. The number of halogens is 1. The summed E-state index contributed by atoms with van der Waals surface area (Å²) in [7, 11) is 0. The van der Waals surface area contributed by atoms with Gasteiger partial charge in [0.25, 0.3) is 0 Å².